The van der Waals surface area contributed by atoms with Crippen molar-refractivity contribution >= 4 is 5.91 Å². The largest absolute Gasteiger partial charge is 0.342 e. The lowest BCUT2D eigenvalue weighted by molar-refractivity contribution is -0.131. The molecule has 0 N–H and O–H groups in total. The van der Waals surface area contributed by atoms with Crippen LogP contribution in [0.4, 0.5) is 0 Å². The maximum atomic E-state index is 12.9. The molecule has 166 valence electrons. The van der Waals surface area contributed by atoms with Crippen LogP contribution in [-0.4, -0.2) is 98.0 Å². The van der Waals surface area contributed by atoms with Crippen molar-refractivity contribution in [3.63, 3.8) is 0 Å². The molecule has 3 heterocycles. The predicted molar refractivity (Wildman–Crippen MR) is 119 cm³/mol. The van der Waals surface area contributed by atoms with E-state index >= 15 is 0 Å². The summed E-state index contributed by atoms with van der Waals surface area (Å²) in [5.41, 5.74) is 0.397. The zero-order valence-electron chi connectivity index (χ0n) is 18.9. The van der Waals surface area contributed by atoms with E-state index in [1.807, 2.05) is 0 Å². The molecule has 1 amide bonds. The Labute approximate surface area is 178 Å². The van der Waals surface area contributed by atoms with Gasteiger partial charge in [-0.05, 0) is 51.7 Å². The number of piperidine rings is 1. The third-order valence-electron chi connectivity index (χ3n) is 8.35. The van der Waals surface area contributed by atoms with Gasteiger partial charge in [0.05, 0.1) is 0 Å². The Balaban J connectivity index is 1.19. The molecule has 4 fully saturated rings. The smallest absolute Gasteiger partial charge is 0.223 e. The molecule has 4 aliphatic rings. The van der Waals surface area contributed by atoms with E-state index in [2.05, 4.69) is 26.6 Å². The minimum atomic E-state index is 0.397. The van der Waals surface area contributed by atoms with Gasteiger partial charge in [-0.1, -0.05) is 32.1 Å². The molecule has 1 saturated carbocycles. The van der Waals surface area contributed by atoms with Crippen LogP contribution >= 0.6 is 0 Å². The summed E-state index contributed by atoms with van der Waals surface area (Å²) in [6, 6.07) is 0. The van der Waals surface area contributed by atoms with Gasteiger partial charge in [-0.25, -0.2) is 0 Å². The van der Waals surface area contributed by atoms with Crippen LogP contribution in [-0.2, 0) is 4.79 Å². The highest BCUT2D eigenvalue weighted by Crippen LogP contribution is 2.39. The first-order chi connectivity index (χ1) is 14.1. The highest BCUT2D eigenvalue weighted by molar-refractivity contribution is 5.76. The van der Waals surface area contributed by atoms with Gasteiger partial charge in [0.2, 0.25) is 5.91 Å². The molecule has 1 atom stereocenters. The molecule has 0 bridgehead atoms. The predicted octanol–water partition coefficient (Wildman–Crippen LogP) is 2.91. The van der Waals surface area contributed by atoms with E-state index in [-0.39, 0.29) is 0 Å². The third-order valence-corrected chi connectivity index (χ3v) is 8.35. The Hall–Kier alpha value is -0.650. The molecule has 29 heavy (non-hydrogen) atoms. The third kappa shape index (κ3) is 5.95. The van der Waals surface area contributed by atoms with Crippen LogP contribution < -0.4 is 0 Å². The van der Waals surface area contributed by atoms with Crippen molar-refractivity contribution in [2.75, 3.05) is 72.5 Å². The Kier molecular flexibility index (Phi) is 7.52. The summed E-state index contributed by atoms with van der Waals surface area (Å²) in [4.78, 5) is 22.7. The summed E-state index contributed by atoms with van der Waals surface area (Å²) in [6.45, 7) is 11.3. The van der Waals surface area contributed by atoms with Crippen molar-refractivity contribution in [2.45, 2.75) is 64.2 Å². The molecule has 0 aromatic heterocycles. The maximum Gasteiger partial charge on any atom is 0.223 e. The molecule has 0 aromatic rings. The zero-order chi connectivity index (χ0) is 20.1. The van der Waals surface area contributed by atoms with E-state index in [1.165, 1.54) is 77.4 Å². The molecular formula is C24H44N4O. The van der Waals surface area contributed by atoms with Gasteiger partial charge in [-0.3, -0.25) is 4.79 Å². The Morgan fingerprint density at radius 3 is 2.41 bits per heavy atom. The van der Waals surface area contributed by atoms with E-state index in [1.54, 1.807) is 0 Å². The molecule has 4 rings (SSSR count). The summed E-state index contributed by atoms with van der Waals surface area (Å²) < 4.78 is 0. The van der Waals surface area contributed by atoms with Gasteiger partial charge < -0.3 is 19.6 Å². The van der Waals surface area contributed by atoms with E-state index < -0.39 is 0 Å². The summed E-state index contributed by atoms with van der Waals surface area (Å²) >= 11 is 0. The maximum absolute atomic E-state index is 12.9. The number of carbonyl (C=O) groups excluding carboxylic acids is 1. The highest BCUT2D eigenvalue weighted by atomic mass is 16.2. The number of piperazine rings is 1. The lowest BCUT2D eigenvalue weighted by Crippen LogP contribution is -2.47. The van der Waals surface area contributed by atoms with E-state index in [0.717, 1.165) is 51.7 Å². The molecule has 5 heteroatoms. The summed E-state index contributed by atoms with van der Waals surface area (Å²) in [7, 11) is 2.19. The number of amides is 1. The molecule has 0 radical (unpaired) electrons. The Morgan fingerprint density at radius 2 is 1.62 bits per heavy atom. The number of rotatable bonds is 6. The van der Waals surface area contributed by atoms with E-state index in [0.29, 0.717) is 17.7 Å². The van der Waals surface area contributed by atoms with Gasteiger partial charge in [-0.15, -0.1) is 0 Å². The van der Waals surface area contributed by atoms with E-state index in [4.69, 9.17) is 0 Å². The quantitative estimate of drug-likeness (QED) is 0.681. The summed E-state index contributed by atoms with van der Waals surface area (Å²) in [5.74, 6) is 1.39. The van der Waals surface area contributed by atoms with Gasteiger partial charge in [0.15, 0.2) is 0 Å². The van der Waals surface area contributed by atoms with Crippen molar-refractivity contribution in [2.24, 2.45) is 11.3 Å². The van der Waals surface area contributed by atoms with Gasteiger partial charge in [-0.2, -0.15) is 0 Å². The Morgan fingerprint density at radius 1 is 0.828 bits per heavy atom. The Bertz CT molecular complexity index is 527. The lowest BCUT2D eigenvalue weighted by Gasteiger charge is -2.41. The van der Waals surface area contributed by atoms with E-state index in [9.17, 15) is 4.79 Å². The fourth-order valence-electron chi connectivity index (χ4n) is 6.31. The fourth-order valence-corrected chi connectivity index (χ4v) is 6.31. The number of nitrogens with zero attached hydrogens (tertiary/aromatic N) is 4. The molecule has 0 unspecified atom stereocenters. The molecule has 0 aromatic carbocycles. The van der Waals surface area contributed by atoms with Crippen LogP contribution in [0.3, 0.4) is 0 Å². The van der Waals surface area contributed by atoms with Gasteiger partial charge in [0.25, 0.3) is 0 Å². The normalized spacial score (nSPS) is 31.0. The van der Waals surface area contributed by atoms with Crippen molar-refractivity contribution in [3.8, 4) is 0 Å². The molecule has 1 aliphatic carbocycles. The number of likely N-dealkylation sites (N-methyl/N-ethyl adjacent to an activating group) is 1. The fraction of sp³-hybridized carbons (Fsp3) is 0.958. The molecular weight excluding hydrogens is 360 g/mol. The van der Waals surface area contributed by atoms with Crippen molar-refractivity contribution in [1.29, 1.82) is 0 Å². The monoisotopic (exact) mass is 404 g/mol. The standard InChI is InChI=1S/C24H44N4O/c1-25-16-18-26(19-17-25)14-9-23(29)28-15-11-24(21-28)10-5-12-27(20-24)13-8-22-6-3-2-4-7-22/h22H,2-21H2,1H3/t24-/m0/s1. The van der Waals surface area contributed by atoms with Crippen LogP contribution in [0.25, 0.3) is 0 Å². The second kappa shape index (κ2) is 10.1. The molecule has 3 aliphatic heterocycles. The topological polar surface area (TPSA) is 30.0 Å². The highest BCUT2D eigenvalue weighted by Gasteiger charge is 2.42. The van der Waals surface area contributed by atoms with Gasteiger partial charge in [0.1, 0.15) is 0 Å². The van der Waals surface area contributed by atoms with Gasteiger partial charge >= 0.3 is 0 Å². The van der Waals surface area contributed by atoms with Crippen molar-refractivity contribution < 1.29 is 4.79 Å². The number of likely N-dealkylation sites (tertiary alicyclic amines) is 2. The number of carbonyl (C=O) groups is 1. The van der Waals surface area contributed by atoms with Crippen LogP contribution in [0.15, 0.2) is 0 Å². The van der Waals surface area contributed by atoms with Crippen LogP contribution in [0.2, 0.25) is 0 Å². The first-order valence-corrected chi connectivity index (χ1v) is 12.5. The molecule has 5 nitrogen and oxygen atoms in total. The minimum Gasteiger partial charge on any atom is -0.342 e. The molecule has 1 spiro atoms. The molecule has 3 saturated heterocycles. The van der Waals surface area contributed by atoms with Crippen LogP contribution in [0.1, 0.15) is 64.2 Å². The average molecular weight is 405 g/mol. The van der Waals surface area contributed by atoms with Crippen molar-refractivity contribution in [1.82, 2.24) is 19.6 Å². The lowest BCUT2D eigenvalue weighted by atomic mass is 9.79. The van der Waals surface area contributed by atoms with Gasteiger partial charge in [0, 0.05) is 64.2 Å². The SMILES string of the molecule is CN1CCN(CCC(=O)N2CC[C@]3(CCCN(CCC4CCCCC4)C3)C2)CC1. The van der Waals surface area contributed by atoms with Crippen LogP contribution in [0.5, 0.6) is 0 Å². The summed E-state index contributed by atoms with van der Waals surface area (Å²) in [6.07, 6.45) is 13.3. The second-order valence-corrected chi connectivity index (χ2v) is 10.6. The minimum absolute atomic E-state index is 0.397. The first-order valence-electron chi connectivity index (χ1n) is 12.5. The first kappa shape index (κ1) is 21.6. The zero-order valence-corrected chi connectivity index (χ0v) is 18.9. The second-order valence-electron chi connectivity index (χ2n) is 10.6. The average Bonchev–Trinajstić information content (AvgIpc) is 3.15. The van der Waals surface area contributed by atoms with Crippen molar-refractivity contribution in [3.05, 3.63) is 0 Å². The van der Waals surface area contributed by atoms with Crippen LogP contribution in [0, 0.1) is 11.3 Å². The summed E-state index contributed by atoms with van der Waals surface area (Å²) in [5, 5.41) is 0. The number of hydrogen-bond acceptors (Lipinski definition) is 4. The number of hydrogen-bond donors (Lipinski definition) is 0.